The van der Waals surface area contributed by atoms with Gasteiger partial charge in [0.05, 0.1) is 17.8 Å². The Kier molecular flexibility index (Phi) is 6.08. The summed E-state index contributed by atoms with van der Waals surface area (Å²) in [7, 11) is -1.75. The maximum Gasteiger partial charge on any atom is 0.486 e. The molecule has 1 heterocycles. The largest absolute Gasteiger partial charge is 0.486 e. The molecule has 0 N–H and O–H groups in total. The van der Waals surface area contributed by atoms with Crippen molar-refractivity contribution in [3.05, 3.63) is 12.1 Å². The highest BCUT2D eigenvalue weighted by Gasteiger charge is 2.49. The van der Waals surface area contributed by atoms with Gasteiger partial charge in [-0.1, -0.05) is 31.8 Å². The summed E-state index contributed by atoms with van der Waals surface area (Å²) in [5.74, 6) is 1.97. The molecule has 0 aromatic heterocycles. The van der Waals surface area contributed by atoms with Gasteiger partial charge in [-0.15, -0.1) is 0 Å². The average molecular weight is 298 g/mol. The minimum atomic E-state index is -1.49. The first-order valence-corrected chi connectivity index (χ1v) is 10.9. The first kappa shape index (κ1) is 18.0. The van der Waals surface area contributed by atoms with E-state index in [0.29, 0.717) is 6.61 Å². The van der Waals surface area contributed by atoms with Crippen molar-refractivity contribution in [1.29, 1.82) is 0 Å². The van der Waals surface area contributed by atoms with E-state index in [1.54, 1.807) is 0 Å². The predicted molar refractivity (Wildman–Crippen MR) is 88.4 cm³/mol. The molecule has 1 rings (SSSR count). The second-order valence-electron chi connectivity index (χ2n) is 7.23. The van der Waals surface area contributed by atoms with Gasteiger partial charge in [0.2, 0.25) is 0 Å². The monoisotopic (exact) mass is 298 g/mol. The molecule has 116 valence electrons. The lowest BCUT2D eigenvalue weighted by molar-refractivity contribution is 0.00578. The average Bonchev–Trinajstić information content (AvgIpc) is 2.51. The summed E-state index contributed by atoms with van der Waals surface area (Å²) in [6.45, 7) is 15.7. The number of rotatable bonds is 7. The van der Waals surface area contributed by atoms with Crippen LogP contribution in [-0.2, 0) is 13.7 Å². The van der Waals surface area contributed by atoms with Crippen LogP contribution in [0.5, 0.6) is 0 Å². The summed E-state index contributed by atoms with van der Waals surface area (Å²) in [5, 5.41) is 0. The van der Waals surface area contributed by atoms with Crippen molar-refractivity contribution >= 4 is 15.4 Å². The highest BCUT2D eigenvalue weighted by atomic mass is 28.4. The molecule has 3 nitrogen and oxygen atoms in total. The Balaban J connectivity index is 2.36. The molecule has 20 heavy (non-hydrogen) atoms. The van der Waals surface area contributed by atoms with Crippen LogP contribution in [0.1, 0.15) is 47.5 Å². The van der Waals surface area contributed by atoms with Gasteiger partial charge in [0.25, 0.3) is 0 Å². The fourth-order valence-electron chi connectivity index (χ4n) is 2.08. The van der Waals surface area contributed by atoms with E-state index < -0.39 is 8.32 Å². The van der Waals surface area contributed by atoms with E-state index in [-0.39, 0.29) is 18.3 Å². The normalized spacial score (nSPS) is 21.9. The second-order valence-corrected chi connectivity index (χ2v) is 11.5. The standard InChI is InChI=1S/C15H31BO3Si/c1-8-9-13-20(6,7)17-12-10-11-16-18-14(2,3)15(4,5)19-16/h10-11H,8-9,12-13H2,1-7H3. The zero-order chi connectivity index (χ0) is 15.4. The van der Waals surface area contributed by atoms with Crippen LogP contribution in [0.2, 0.25) is 19.1 Å². The molecule has 5 heteroatoms. The third-order valence-electron chi connectivity index (χ3n) is 4.27. The lowest BCUT2D eigenvalue weighted by Gasteiger charge is -2.32. The number of hydrogen-bond donors (Lipinski definition) is 0. The van der Waals surface area contributed by atoms with Crippen LogP contribution in [0.4, 0.5) is 0 Å². The maximum atomic E-state index is 6.04. The molecule has 0 saturated carbocycles. The summed E-state index contributed by atoms with van der Waals surface area (Å²) in [6.07, 6.45) is 4.53. The third-order valence-corrected chi connectivity index (χ3v) is 6.77. The number of unbranched alkanes of at least 4 members (excludes halogenated alkanes) is 1. The maximum absolute atomic E-state index is 6.04. The van der Waals surface area contributed by atoms with Crippen molar-refractivity contribution in [2.75, 3.05) is 6.61 Å². The molecule has 0 bridgehead atoms. The highest BCUT2D eigenvalue weighted by molar-refractivity contribution is 6.71. The highest BCUT2D eigenvalue weighted by Crippen LogP contribution is 2.36. The first-order chi connectivity index (χ1) is 9.10. The van der Waals surface area contributed by atoms with Crippen molar-refractivity contribution < 1.29 is 13.7 Å². The first-order valence-electron chi connectivity index (χ1n) is 7.76. The van der Waals surface area contributed by atoms with Crippen LogP contribution in [-0.4, -0.2) is 33.2 Å². The molecule has 0 aromatic rings. The van der Waals surface area contributed by atoms with E-state index in [2.05, 4.69) is 47.7 Å². The smallest absolute Gasteiger partial charge is 0.414 e. The molecule has 0 amide bonds. The molecule has 0 radical (unpaired) electrons. The van der Waals surface area contributed by atoms with Crippen LogP contribution < -0.4 is 0 Å². The summed E-state index contributed by atoms with van der Waals surface area (Å²) < 4.78 is 17.9. The van der Waals surface area contributed by atoms with Crippen molar-refractivity contribution in [1.82, 2.24) is 0 Å². The zero-order valence-electron chi connectivity index (χ0n) is 14.3. The quantitative estimate of drug-likeness (QED) is 0.659. The molecule has 1 aliphatic heterocycles. The Morgan fingerprint density at radius 3 is 2.15 bits per heavy atom. The molecule has 0 spiro atoms. The van der Waals surface area contributed by atoms with Gasteiger partial charge in [0.1, 0.15) is 0 Å². The Labute approximate surface area is 126 Å². The van der Waals surface area contributed by atoms with Gasteiger partial charge in [-0.05, 0) is 46.8 Å². The molecule has 0 aromatic carbocycles. The molecule has 0 atom stereocenters. The van der Waals surface area contributed by atoms with Crippen LogP contribution in [0, 0.1) is 0 Å². The fraction of sp³-hybridized carbons (Fsp3) is 0.867. The summed E-state index contributed by atoms with van der Waals surface area (Å²) in [4.78, 5) is 0. The van der Waals surface area contributed by atoms with Crippen molar-refractivity contribution in [2.24, 2.45) is 0 Å². The third kappa shape index (κ3) is 5.02. The van der Waals surface area contributed by atoms with Crippen LogP contribution >= 0.6 is 0 Å². The lowest BCUT2D eigenvalue weighted by atomic mass is 9.90. The topological polar surface area (TPSA) is 27.7 Å². The van der Waals surface area contributed by atoms with Gasteiger partial charge in [0, 0.05) is 0 Å². The van der Waals surface area contributed by atoms with E-state index in [9.17, 15) is 0 Å². The van der Waals surface area contributed by atoms with Gasteiger partial charge < -0.3 is 13.7 Å². The van der Waals surface area contributed by atoms with Crippen molar-refractivity contribution in [3.63, 3.8) is 0 Å². The number of hydrogen-bond acceptors (Lipinski definition) is 3. The van der Waals surface area contributed by atoms with Crippen molar-refractivity contribution in [3.8, 4) is 0 Å². The summed E-state index contributed by atoms with van der Waals surface area (Å²) in [5.41, 5.74) is -0.532. The Morgan fingerprint density at radius 2 is 1.65 bits per heavy atom. The molecular formula is C15H31BO3Si. The lowest BCUT2D eigenvalue weighted by Crippen LogP contribution is -2.41. The predicted octanol–water partition coefficient (Wildman–Crippen LogP) is 4.20. The van der Waals surface area contributed by atoms with Gasteiger partial charge in [-0.25, -0.2) is 0 Å². The van der Waals surface area contributed by atoms with E-state index in [1.165, 1.54) is 18.9 Å². The molecular weight excluding hydrogens is 267 g/mol. The van der Waals surface area contributed by atoms with E-state index in [0.717, 1.165) is 0 Å². The minimum Gasteiger partial charge on any atom is -0.414 e. The molecule has 0 unspecified atom stereocenters. The minimum absolute atomic E-state index is 0.260. The molecule has 1 aliphatic rings. The summed E-state index contributed by atoms with van der Waals surface area (Å²) in [6, 6.07) is 1.23. The zero-order valence-corrected chi connectivity index (χ0v) is 15.3. The van der Waals surface area contributed by atoms with Crippen molar-refractivity contribution in [2.45, 2.75) is 77.8 Å². The van der Waals surface area contributed by atoms with Gasteiger partial charge >= 0.3 is 7.12 Å². The van der Waals surface area contributed by atoms with Crippen LogP contribution in [0.25, 0.3) is 0 Å². The van der Waals surface area contributed by atoms with Crippen LogP contribution in [0.15, 0.2) is 12.1 Å². The molecule has 1 fully saturated rings. The van der Waals surface area contributed by atoms with Crippen LogP contribution in [0.3, 0.4) is 0 Å². The van der Waals surface area contributed by atoms with E-state index in [4.69, 9.17) is 13.7 Å². The summed E-state index contributed by atoms with van der Waals surface area (Å²) >= 11 is 0. The van der Waals surface area contributed by atoms with E-state index in [1.807, 2.05) is 12.1 Å². The molecule has 1 saturated heterocycles. The fourth-order valence-corrected chi connectivity index (χ4v) is 3.98. The Morgan fingerprint density at radius 1 is 1.10 bits per heavy atom. The Bertz CT molecular complexity index is 324. The van der Waals surface area contributed by atoms with Gasteiger partial charge in [-0.2, -0.15) is 0 Å². The SMILES string of the molecule is CCCC[Si](C)(C)OCC=CB1OC(C)(C)C(C)(C)O1. The second kappa shape index (κ2) is 6.77. The Hall–Kier alpha value is -0.0982. The van der Waals surface area contributed by atoms with E-state index >= 15 is 0 Å². The molecule has 0 aliphatic carbocycles. The van der Waals surface area contributed by atoms with Gasteiger partial charge in [-0.3, -0.25) is 0 Å². The van der Waals surface area contributed by atoms with Gasteiger partial charge in [0.15, 0.2) is 8.32 Å².